The molecule has 3 rings (SSSR count). The summed E-state index contributed by atoms with van der Waals surface area (Å²) >= 11 is 0. The van der Waals surface area contributed by atoms with Crippen molar-refractivity contribution in [1.29, 1.82) is 0 Å². The second kappa shape index (κ2) is 8.46. The van der Waals surface area contributed by atoms with Crippen LogP contribution in [-0.4, -0.2) is 12.5 Å². The maximum Gasteiger partial charge on any atom is 0.244 e. The average molecular weight is 389 g/mol. The Morgan fingerprint density at radius 2 is 1.93 bits per heavy atom. The number of hydrogen-bond donors (Lipinski definition) is 2. The van der Waals surface area contributed by atoms with Gasteiger partial charge in [0.1, 0.15) is 11.3 Å². The Bertz CT molecular complexity index is 906. The molecule has 0 aliphatic carbocycles. The van der Waals surface area contributed by atoms with Gasteiger partial charge in [0.25, 0.3) is 0 Å². The molecule has 2 unspecified atom stereocenters. The fourth-order valence-electron chi connectivity index (χ4n) is 2.87. The largest absolute Gasteiger partial charge is 0.490 e. The van der Waals surface area contributed by atoms with Crippen molar-refractivity contribution in [3.05, 3.63) is 65.9 Å². The topological polar surface area (TPSA) is 77.5 Å². The van der Waals surface area contributed by atoms with Crippen molar-refractivity contribution >= 4 is 29.3 Å². The highest BCUT2D eigenvalue weighted by Crippen LogP contribution is 2.31. The Morgan fingerprint density at radius 3 is 2.59 bits per heavy atom. The predicted molar refractivity (Wildman–Crippen MR) is 109 cm³/mol. The molecule has 0 radical (unpaired) electrons. The summed E-state index contributed by atoms with van der Waals surface area (Å²) in [6, 6.07) is 16.7. The van der Waals surface area contributed by atoms with Crippen LogP contribution in [0.5, 0.6) is 5.75 Å². The molecule has 0 aliphatic rings. The zero-order valence-electron chi connectivity index (χ0n) is 15.7. The van der Waals surface area contributed by atoms with Crippen molar-refractivity contribution in [3.8, 4) is 5.75 Å². The van der Waals surface area contributed by atoms with E-state index in [1.165, 1.54) is 0 Å². The van der Waals surface area contributed by atoms with Gasteiger partial charge in [0.05, 0.1) is 12.6 Å². The van der Waals surface area contributed by atoms with Crippen LogP contribution in [-0.2, 0) is 10.3 Å². The third-order valence-electron chi connectivity index (χ3n) is 4.45. The minimum Gasteiger partial charge on any atom is -0.490 e. The molecule has 0 fully saturated rings. The van der Waals surface area contributed by atoms with Crippen LogP contribution in [0.4, 0.5) is 0 Å². The Balaban J connectivity index is 0.00000261. The van der Waals surface area contributed by atoms with Gasteiger partial charge in [-0.1, -0.05) is 42.5 Å². The molecular weight excluding hydrogens is 364 g/mol. The van der Waals surface area contributed by atoms with Gasteiger partial charge in [-0.05, 0) is 38.5 Å². The summed E-state index contributed by atoms with van der Waals surface area (Å²) in [5.74, 6) is 1.09. The van der Waals surface area contributed by atoms with E-state index < -0.39 is 5.54 Å². The van der Waals surface area contributed by atoms with Crippen LogP contribution >= 0.6 is 12.4 Å². The van der Waals surface area contributed by atoms with Crippen LogP contribution in [0.25, 0.3) is 11.0 Å². The number of furan rings is 1. The molecule has 2 aromatic carbocycles. The summed E-state index contributed by atoms with van der Waals surface area (Å²) in [5.41, 5.74) is 6.60. The van der Waals surface area contributed by atoms with E-state index in [-0.39, 0.29) is 24.4 Å². The molecule has 2 atom stereocenters. The smallest absolute Gasteiger partial charge is 0.244 e. The molecule has 0 saturated heterocycles. The van der Waals surface area contributed by atoms with E-state index in [4.69, 9.17) is 14.9 Å². The average Bonchev–Trinajstić information content (AvgIpc) is 3.08. The van der Waals surface area contributed by atoms with E-state index in [9.17, 15) is 4.79 Å². The van der Waals surface area contributed by atoms with Gasteiger partial charge in [0, 0.05) is 5.39 Å². The van der Waals surface area contributed by atoms with Gasteiger partial charge >= 0.3 is 0 Å². The molecule has 0 bridgehead atoms. The monoisotopic (exact) mass is 388 g/mol. The molecule has 3 aromatic rings. The summed E-state index contributed by atoms with van der Waals surface area (Å²) in [6.45, 7) is 6.06. The fraction of sp³-hybridized carbons (Fsp3) is 0.286. The predicted octanol–water partition coefficient (Wildman–Crippen LogP) is 4.30. The number of nitrogens with two attached hydrogens (primary N) is 1. The zero-order valence-corrected chi connectivity index (χ0v) is 16.5. The number of carbonyl (C=O) groups is 1. The third-order valence-corrected chi connectivity index (χ3v) is 4.45. The Labute approximate surface area is 165 Å². The van der Waals surface area contributed by atoms with Gasteiger partial charge in [0.15, 0.2) is 11.3 Å². The van der Waals surface area contributed by atoms with Crippen molar-refractivity contribution in [1.82, 2.24) is 5.32 Å². The highest BCUT2D eigenvalue weighted by atomic mass is 35.5. The molecule has 1 amide bonds. The number of fused-ring (bicyclic) bond motifs is 1. The van der Waals surface area contributed by atoms with Crippen LogP contribution < -0.4 is 15.8 Å². The number of nitrogens with one attached hydrogen (secondary N) is 1. The van der Waals surface area contributed by atoms with E-state index in [0.29, 0.717) is 23.7 Å². The van der Waals surface area contributed by atoms with Crippen LogP contribution in [0.1, 0.15) is 38.1 Å². The first-order chi connectivity index (χ1) is 12.4. The Kier molecular flexibility index (Phi) is 6.52. The van der Waals surface area contributed by atoms with Crippen molar-refractivity contribution in [2.75, 3.05) is 6.61 Å². The summed E-state index contributed by atoms with van der Waals surface area (Å²) in [7, 11) is 0. The van der Waals surface area contributed by atoms with E-state index in [2.05, 4.69) is 5.32 Å². The summed E-state index contributed by atoms with van der Waals surface area (Å²) in [4.78, 5) is 12.7. The van der Waals surface area contributed by atoms with E-state index >= 15 is 0 Å². The van der Waals surface area contributed by atoms with Gasteiger partial charge in [-0.25, -0.2) is 0 Å². The number of halogens is 1. The SMILES string of the molecule is CCOc1cccc2cc(C(C)NC(=O)C(C)(N)c3ccccc3)oc12.Cl. The minimum atomic E-state index is -1.13. The summed E-state index contributed by atoms with van der Waals surface area (Å²) < 4.78 is 11.6. The molecular formula is C21H25ClN2O3. The van der Waals surface area contributed by atoms with Crippen LogP contribution in [0.3, 0.4) is 0 Å². The summed E-state index contributed by atoms with van der Waals surface area (Å²) in [6.07, 6.45) is 0. The van der Waals surface area contributed by atoms with Crippen LogP contribution in [0.2, 0.25) is 0 Å². The van der Waals surface area contributed by atoms with Gasteiger partial charge in [-0.15, -0.1) is 12.4 Å². The molecule has 6 heteroatoms. The molecule has 27 heavy (non-hydrogen) atoms. The number of hydrogen-bond acceptors (Lipinski definition) is 4. The standard InChI is InChI=1S/C21H24N2O3.ClH/c1-4-25-17-12-8-9-15-13-18(26-19(15)17)14(2)23-20(24)21(3,22)16-10-6-5-7-11-16;/h5-14H,4,22H2,1-3H3,(H,23,24);1H. The van der Waals surface area contributed by atoms with Crippen molar-refractivity contribution in [2.45, 2.75) is 32.4 Å². The molecule has 1 aromatic heterocycles. The van der Waals surface area contributed by atoms with E-state index in [0.717, 1.165) is 10.9 Å². The molecule has 0 spiro atoms. The van der Waals surface area contributed by atoms with Gasteiger partial charge in [-0.3, -0.25) is 4.79 Å². The van der Waals surface area contributed by atoms with Crippen molar-refractivity contribution in [2.24, 2.45) is 5.73 Å². The number of amides is 1. The number of benzene rings is 2. The normalized spacial score (nSPS) is 14.1. The van der Waals surface area contributed by atoms with Gasteiger partial charge < -0.3 is 20.2 Å². The Morgan fingerprint density at radius 1 is 1.22 bits per heavy atom. The van der Waals surface area contributed by atoms with Crippen LogP contribution in [0.15, 0.2) is 59.0 Å². The Hall–Kier alpha value is -2.50. The molecule has 0 aliphatic heterocycles. The fourth-order valence-corrected chi connectivity index (χ4v) is 2.87. The maximum absolute atomic E-state index is 12.7. The third kappa shape index (κ3) is 4.26. The lowest BCUT2D eigenvalue weighted by atomic mass is 9.92. The molecule has 1 heterocycles. The van der Waals surface area contributed by atoms with Crippen LogP contribution in [0, 0.1) is 0 Å². The number of rotatable bonds is 6. The molecule has 3 N–H and O–H groups in total. The lowest BCUT2D eigenvalue weighted by molar-refractivity contribution is -0.126. The summed E-state index contributed by atoms with van der Waals surface area (Å²) in [5, 5.41) is 3.88. The number of carbonyl (C=O) groups excluding carboxylic acids is 1. The highest BCUT2D eigenvalue weighted by molar-refractivity contribution is 5.88. The number of para-hydroxylation sites is 1. The number of ether oxygens (including phenoxy) is 1. The zero-order chi connectivity index (χ0) is 18.7. The van der Waals surface area contributed by atoms with E-state index in [1.807, 2.05) is 68.4 Å². The van der Waals surface area contributed by atoms with Gasteiger partial charge in [-0.2, -0.15) is 0 Å². The second-order valence-corrected chi connectivity index (χ2v) is 6.52. The van der Waals surface area contributed by atoms with Gasteiger partial charge in [0.2, 0.25) is 5.91 Å². The lowest BCUT2D eigenvalue weighted by Gasteiger charge is -2.25. The minimum absolute atomic E-state index is 0. The van der Waals surface area contributed by atoms with E-state index in [1.54, 1.807) is 6.92 Å². The second-order valence-electron chi connectivity index (χ2n) is 6.52. The maximum atomic E-state index is 12.7. The first kappa shape index (κ1) is 20.8. The lowest BCUT2D eigenvalue weighted by Crippen LogP contribution is -2.49. The van der Waals surface area contributed by atoms with Crippen molar-refractivity contribution in [3.63, 3.8) is 0 Å². The molecule has 5 nitrogen and oxygen atoms in total. The molecule has 144 valence electrons. The van der Waals surface area contributed by atoms with Crippen molar-refractivity contribution < 1.29 is 13.9 Å². The quantitative estimate of drug-likeness (QED) is 0.659. The first-order valence-corrected chi connectivity index (χ1v) is 8.74. The molecule has 0 saturated carbocycles. The highest BCUT2D eigenvalue weighted by Gasteiger charge is 2.31. The first-order valence-electron chi connectivity index (χ1n) is 8.74.